The molecule has 150 valence electrons. The van der Waals surface area contributed by atoms with Gasteiger partial charge in [-0.3, -0.25) is 14.5 Å². The number of nitrogens with zero attached hydrogens (tertiary/aromatic N) is 1. The summed E-state index contributed by atoms with van der Waals surface area (Å²) in [5.74, 6) is -0.105. The monoisotopic (exact) mass is 391 g/mol. The van der Waals surface area contributed by atoms with E-state index < -0.39 is 5.97 Å². The molecule has 1 saturated heterocycles. The van der Waals surface area contributed by atoms with Crippen molar-refractivity contribution in [1.29, 1.82) is 0 Å². The second kappa shape index (κ2) is 7.47. The first kappa shape index (κ1) is 19.4. The number of hydrogen-bond donors (Lipinski definition) is 0. The summed E-state index contributed by atoms with van der Waals surface area (Å²) >= 11 is 0. The lowest BCUT2D eigenvalue weighted by molar-refractivity contribution is -0.122. The number of rotatable bonds is 3. The molecule has 0 N–H and O–H groups in total. The van der Waals surface area contributed by atoms with Crippen LogP contribution in [0.15, 0.2) is 42.5 Å². The molecule has 2 amide bonds. The van der Waals surface area contributed by atoms with E-state index in [-0.39, 0.29) is 23.7 Å². The number of amides is 2. The molecule has 2 fully saturated rings. The van der Waals surface area contributed by atoms with E-state index >= 15 is 0 Å². The Bertz CT molecular complexity index is 979. The Kier molecular flexibility index (Phi) is 4.99. The summed E-state index contributed by atoms with van der Waals surface area (Å²) < 4.78 is 5.52. The summed E-state index contributed by atoms with van der Waals surface area (Å²) in [6.45, 7) is 6.00. The summed E-state index contributed by atoms with van der Waals surface area (Å²) in [4.78, 5) is 39.4. The number of carbonyl (C=O) groups is 3. The quantitative estimate of drug-likeness (QED) is 0.441. The van der Waals surface area contributed by atoms with Gasteiger partial charge in [0.15, 0.2) is 0 Å². The minimum atomic E-state index is -0.466. The predicted octanol–water partition coefficient (Wildman–Crippen LogP) is 4.45. The van der Waals surface area contributed by atoms with Gasteiger partial charge in [0.05, 0.1) is 23.1 Å². The molecule has 2 aromatic carbocycles. The molecule has 0 unspecified atom stereocenters. The van der Waals surface area contributed by atoms with E-state index in [0.717, 1.165) is 30.4 Å². The van der Waals surface area contributed by atoms with Crippen LogP contribution < -0.4 is 9.64 Å². The Labute approximate surface area is 170 Å². The van der Waals surface area contributed by atoms with Gasteiger partial charge in [0.25, 0.3) is 0 Å². The zero-order valence-corrected chi connectivity index (χ0v) is 17.0. The van der Waals surface area contributed by atoms with Gasteiger partial charge in [0.2, 0.25) is 11.8 Å². The van der Waals surface area contributed by atoms with Crippen LogP contribution in [0.3, 0.4) is 0 Å². The van der Waals surface area contributed by atoms with Gasteiger partial charge in [-0.05, 0) is 80.5 Å². The summed E-state index contributed by atoms with van der Waals surface area (Å²) in [5.41, 5.74) is 2.86. The van der Waals surface area contributed by atoms with Crippen molar-refractivity contribution in [2.24, 2.45) is 17.8 Å². The molecule has 5 heteroatoms. The van der Waals surface area contributed by atoms with Crippen molar-refractivity contribution in [3.63, 3.8) is 0 Å². The third-order valence-electron chi connectivity index (χ3n) is 6.31. The Hall–Kier alpha value is -2.95. The third-order valence-corrected chi connectivity index (χ3v) is 6.31. The summed E-state index contributed by atoms with van der Waals surface area (Å²) in [7, 11) is 0. The second-order valence-electron chi connectivity index (χ2n) is 8.28. The number of esters is 1. The molecular formula is C24H25NO4. The fourth-order valence-corrected chi connectivity index (χ4v) is 4.38. The summed E-state index contributed by atoms with van der Waals surface area (Å²) in [6, 6.07) is 12.1. The van der Waals surface area contributed by atoms with Crippen LogP contribution in [-0.4, -0.2) is 17.8 Å². The summed E-state index contributed by atoms with van der Waals surface area (Å²) in [6.07, 6.45) is 2.52. The van der Waals surface area contributed by atoms with E-state index in [0.29, 0.717) is 22.9 Å². The topological polar surface area (TPSA) is 63.7 Å². The highest BCUT2D eigenvalue weighted by Gasteiger charge is 2.49. The molecule has 2 aromatic rings. The van der Waals surface area contributed by atoms with Crippen molar-refractivity contribution in [3.8, 4) is 5.75 Å². The maximum Gasteiger partial charge on any atom is 0.343 e. The van der Waals surface area contributed by atoms with Crippen LogP contribution in [0.2, 0.25) is 0 Å². The molecule has 0 aromatic heterocycles. The average Bonchev–Trinajstić information content (AvgIpc) is 2.95. The Balaban J connectivity index is 1.52. The number of benzene rings is 2. The molecule has 5 nitrogen and oxygen atoms in total. The third kappa shape index (κ3) is 3.46. The maximum absolute atomic E-state index is 12.8. The van der Waals surface area contributed by atoms with E-state index in [2.05, 4.69) is 6.92 Å². The number of hydrogen-bond acceptors (Lipinski definition) is 4. The van der Waals surface area contributed by atoms with Crippen molar-refractivity contribution >= 4 is 23.5 Å². The molecule has 0 bridgehead atoms. The van der Waals surface area contributed by atoms with Crippen LogP contribution in [0.25, 0.3) is 0 Å². The highest BCUT2D eigenvalue weighted by atomic mass is 16.5. The van der Waals surface area contributed by atoms with Crippen LogP contribution in [0.5, 0.6) is 5.75 Å². The molecule has 1 aliphatic carbocycles. The van der Waals surface area contributed by atoms with Gasteiger partial charge in [0, 0.05) is 0 Å². The molecule has 0 radical (unpaired) electrons. The highest BCUT2D eigenvalue weighted by Crippen LogP contribution is 2.42. The average molecular weight is 391 g/mol. The molecular weight excluding hydrogens is 366 g/mol. The minimum Gasteiger partial charge on any atom is -0.423 e. The summed E-state index contributed by atoms with van der Waals surface area (Å²) in [5, 5.41) is 0. The smallest absolute Gasteiger partial charge is 0.343 e. The fraction of sp³-hybridized carbons (Fsp3) is 0.375. The lowest BCUT2D eigenvalue weighted by Gasteiger charge is -2.25. The van der Waals surface area contributed by atoms with Crippen molar-refractivity contribution in [2.75, 3.05) is 4.90 Å². The number of ether oxygens (including phenoxy) is 1. The first-order chi connectivity index (χ1) is 13.9. The van der Waals surface area contributed by atoms with E-state index in [4.69, 9.17) is 4.74 Å². The molecule has 3 atom stereocenters. The van der Waals surface area contributed by atoms with Crippen molar-refractivity contribution < 1.29 is 19.1 Å². The maximum atomic E-state index is 12.8. The van der Waals surface area contributed by atoms with Crippen LogP contribution in [0, 0.1) is 31.6 Å². The Morgan fingerprint density at radius 1 is 0.966 bits per heavy atom. The number of imide groups is 1. The standard InChI is InChI=1S/C24H25NO4/c1-14-7-12-19-20(13-14)23(27)25(22(19)26)18-10-8-17(9-11-18)24(28)29-21-6-4-5-15(2)16(21)3/h4-6,8-11,14,19-20H,7,12-13H2,1-3H3/t14-,19-,20-/m0/s1. The lowest BCUT2D eigenvalue weighted by atomic mass is 9.76. The molecule has 29 heavy (non-hydrogen) atoms. The van der Waals surface area contributed by atoms with Crippen molar-refractivity contribution in [3.05, 3.63) is 59.2 Å². The van der Waals surface area contributed by atoms with Crippen molar-refractivity contribution in [1.82, 2.24) is 0 Å². The van der Waals surface area contributed by atoms with Gasteiger partial charge in [0.1, 0.15) is 5.75 Å². The van der Waals surface area contributed by atoms with Crippen LogP contribution in [0.1, 0.15) is 47.7 Å². The van der Waals surface area contributed by atoms with Gasteiger partial charge < -0.3 is 4.74 Å². The van der Waals surface area contributed by atoms with Gasteiger partial charge in [-0.15, -0.1) is 0 Å². The normalized spacial score (nSPS) is 23.8. The largest absolute Gasteiger partial charge is 0.423 e. The van der Waals surface area contributed by atoms with Crippen LogP contribution >= 0.6 is 0 Å². The van der Waals surface area contributed by atoms with E-state index in [1.54, 1.807) is 30.3 Å². The molecule has 2 aliphatic rings. The van der Waals surface area contributed by atoms with Crippen LogP contribution in [0.4, 0.5) is 5.69 Å². The first-order valence-electron chi connectivity index (χ1n) is 10.1. The Morgan fingerprint density at radius 3 is 2.38 bits per heavy atom. The molecule has 0 spiro atoms. The first-order valence-corrected chi connectivity index (χ1v) is 10.1. The zero-order valence-electron chi connectivity index (χ0n) is 17.0. The predicted molar refractivity (Wildman–Crippen MR) is 110 cm³/mol. The highest BCUT2D eigenvalue weighted by molar-refractivity contribution is 6.22. The Morgan fingerprint density at radius 2 is 1.66 bits per heavy atom. The minimum absolute atomic E-state index is 0.113. The number of carbonyl (C=O) groups excluding carboxylic acids is 3. The number of fused-ring (bicyclic) bond motifs is 1. The zero-order chi connectivity index (χ0) is 20.7. The van der Waals surface area contributed by atoms with E-state index in [9.17, 15) is 14.4 Å². The van der Waals surface area contributed by atoms with Crippen LogP contribution in [-0.2, 0) is 9.59 Å². The molecule has 1 aliphatic heterocycles. The second-order valence-corrected chi connectivity index (χ2v) is 8.28. The van der Waals surface area contributed by atoms with Gasteiger partial charge in [-0.1, -0.05) is 19.1 Å². The number of anilines is 1. The van der Waals surface area contributed by atoms with E-state index in [1.807, 2.05) is 26.0 Å². The van der Waals surface area contributed by atoms with E-state index in [1.165, 1.54) is 4.90 Å². The SMILES string of the molecule is Cc1cccc(OC(=O)c2ccc(N3C(=O)[C@H]4CC[C@H](C)C[C@@H]4C3=O)cc2)c1C. The number of aryl methyl sites for hydroxylation is 1. The van der Waals surface area contributed by atoms with Gasteiger partial charge in [-0.2, -0.15) is 0 Å². The fourth-order valence-electron chi connectivity index (χ4n) is 4.38. The van der Waals surface area contributed by atoms with Crippen molar-refractivity contribution in [2.45, 2.75) is 40.0 Å². The lowest BCUT2D eigenvalue weighted by Crippen LogP contribution is -2.30. The molecule has 1 saturated carbocycles. The molecule has 1 heterocycles. The molecule has 4 rings (SSSR count). The van der Waals surface area contributed by atoms with Gasteiger partial charge in [-0.25, -0.2) is 4.79 Å². The van der Waals surface area contributed by atoms with Gasteiger partial charge >= 0.3 is 5.97 Å².